The fourth-order valence-corrected chi connectivity index (χ4v) is 2.25. The van der Waals surface area contributed by atoms with Crippen molar-refractivity contribution in [1.82, 2.24) is 9.97 Å². The lowest BCUT2D eigenvalue weighted by Gasteiger charge is -2.06. The number of rotatable bonds is 2. The molecule has 1 aromatic carbocycles. The molecule has 0 bridgehead atoms. The quantitative estimate of drug-likeness (QED) is 0.760. The van der Waals surface area contributed by atoms with Crippen molar-refractivity contribution < 1.29 is 4.39 Å². The van der Waals surface area contributed by atoms with E-state index in [0.29, 0.717) is 27.4 Å². The standard InChI is InChI=1S/C13H9Cl2FN2/c14-10-5-8(16)3-4-9(10)11-6-12(15)18-13(17-11)7-1-2-7/h3-7H,1-2H2. The molecule has 0 saturated heterocycles. The summed E-state index contributed by atoms with van der Waals surface area (Å²) >= 11 is 12.0. The van der Waals surface area contributed by atoms with E-state index < -0.39 is 0 Å². The molecule has 18 heavy (non-hydrogen) atoms. The van der Waals surface area contributed by atoms with Gasteiger partial charge in [-0.15, -0.1) is 0 Å². The van der Waals surface area contributed by atoms with E-state index in [4.69, 9.17) is 23.2 Å². The minimum atomic E-state index is -0.369. The summed E-state index contributed by atoms with van der Waals surface area (Å²) < 4.78 is 13.0. The summed E-state index contributed by atoms with van der Waals surface area (Å²) in [5.41, 5.74) is 1.31. The van der Waals surface area contributed by atoms with E-state index in [1.807, 2.05) is 0 Å². The van der Waals surface area contributed by atoms with Crippen LogP contribution in [0.5, 0.6) is 0 Å². The van der Waals surface area contributed by atoms with Crippen LogP contribution in [0.1, 0.15) is 24.6 Å². The van der Waals surface area contributed by atoms with Gasteiger partial charge < -0.3 is 0 Å². The first-order valence-corrected chi connectivity index (χ1v) is 6.39. The Morgan fingerprint density at radius 1 is 1.11 bits per heavy atom. The molecule has 1 aliphatic carbocycles. The van der Waals surface area contributed by atoms with Crippen molar-refractivity contribution in [1.29, 1.82) is 0 Å². The van der Waals surface area contributed by atoms with E-state index in [2.05, 4.69) is 9.97 Å². The topological polar surface area (TPSA) is 25.8 Å². The van der Waals surface area contributed by atoms with Gasteiger partial charge in [-0.1, -0.05) is 23.2 Å². The highest BCUT2D eigenvalue weighted by Crippen LogP contribution is 2.39. The fraction of sp³-hybridized carbons (Fsp3) is 0.231. The van der Waals surface area contributed by atoms with Gasteiger partial charge in [0.1, 0.15) is 16.8 Å². The molecule has 2 nitrogen and oxygen atoms in total. The van der Waals surface area contributed by atoms with Crippen LogP contribution in [0.3, 0.4) is 0 Å². The molecular formula is C13H9Cl2FN2. The molecule has 0 N–H and O–H groups in total. The summed E-state index contributed by atoms with van der Waals surface area (Å²) in [5.74, 6) is 0.783. The van der Waals surface area contributed by atoms with Crippen molar-refractivity contribution in [2.24, 2.45) is 0 Å². The van der Waals surface area contributed by atoms with Crippen molar-refractivity contribution in [2.45, 2.75) is 18.8 Å². The lowest BCUT2D eigenvalue weighted by molar-refractivity contribution is 0.628. The van der Waals surface area contributed by atoms with Crippen LogP contribution in [0, 0.1) is 5.82 Å². The van der Waals surface area contributed by atoms with E-state index >= 15 is 0 Å². The first kappa shape index (κ1) is 11.9. The second-order valence-corrected chi connectivity index (χ2v) is 5.13. The lowest BCUT2D eigenvalue weighted by atomic mass is 10.1. The Morgan fingerprint density at radius 2 is 1.89 bits per heavy atom. The largest absolute Gasteiger partial charge is 0.232 e. The van der Waals surface area contributed by atoms with Crippen molar-refractivity contribution in [2.75, 3.05) is 0 Å². The normalized spacial score (nSPS) is 14.8. The monoisotopic (exact) mass is 282 g/mol. The van der Waals surface area contributed by atoms with E-state index in [0.717, 1.165) is 18.7 Å². The molecule has 0 unspecified atom stereocenters. The summed E-state index contributed by atoms with van der Waals surface area (Å²) in [4.78, 5) is 8.66. The molecule has 1 saturated carbocycles. The summed E-state index contributed by atoms with van der Waals surface area (Å²) in [6.07, 6.45) is 2.19. The number of nitrogens with zero attached hydrogens (tertiary/aromatic N) is 2. The Bertz CT molecular complexity index is 612. The third kappa shape index (κ3) is 2.33. The van der Waals surface area contributed by atoms with Gasteiger partial charge in [0, 0.05) is 17.5 Å². The van der Waals surface area contributed by atoms with E-state index in [-0.39, 0.29) is 5.82 Å². The highest BCUT2D eigenvalue weighted by Gasteiger charge is 2.27. The number of benzene rings is 1. The van der Waals surface area contributed by atoms with Crippen molar-refractivity contribution in [3.05, 3.63) is 46.1 Å². The predicted molar refractivity (Wildman–Crippen MR) is 69.4 cm³/mol. The Kier molecular flexibility index (Phi) is 2.96. The summed E-state index contributed by atoms with van der Waals surface area (Å²) in [6.45, 7) is 0. The molecule has 1 heterocycles. The van der Waals surface area contributed by atoms with Gasteiger partial charge in [-0.2, -0.15) is 0 Å². The summed E-state index contributed by atoms with van der Waals surface area (Å²) in [6, 6.07) is 5.87. The summed E-state index contributed by atoms with van der Waals surface area (Å²) in [5, 5.41) is 0.716. The fourth-order valence-electron chi connectivity index (χ4n) is 1.79. The molecule has 1 aromatic heterocycles. The average Bonchev–Trinajstić information content (AvgIpc) is 3.11. The van der Waals surface area contributed by atoms with Crippen LogP contribution in [0.15, 0.2) is 24.3 Å². The third-order valence-electron chi connectivity index (χ3n) is 2.86. The summed E-state index contributed by atoms with van der Waals surface area (Å²) in [7, 11) is 0. The zero-order valence-electron chi connectivity index (χ0n) is 9.33. The first-order valence-electron chi connectivity index (χ1n) is 5.63. The van der Waals surface area contributed by atoms with Crippen LogP contribution < -0.4 is 0 Å². The highest BCUT2D eigenvalue weighted by atomic mass is 35.5. The van der Waals surface area contributed by atoms with Gasteiger partial charge >= 0.3 is 0 Å². The molecule has 1 aliphatic rings. The van der Waals surface area contributed by atoms with Crippen LogP contribution in [0.2, 0.25) is 10.2 Å². The smallest absolute Gasteiger partial charge is 0.133 e. The first-order chi connectivity index (χ1) is 8.63. The molecule has 2 aromatic rings. The van der Waals surface area contributed by atoms with Crippen LogP contribution >= 0.6 is 23.2 Å². The SMILES string of the molecule is Fc1ccc(-c2cc(Cl)nc(C3CC3)n2)c(Cl)c1. The minimum absolute atomic E-state index is 0.325. The van der Waals surface area contributed by atoms with Crippen LogP contribution in [-0.4, -0.2) is 9.97 Å². The zero-order chi connectivity index (χ0) is 12.7. The molecular weight excluding hydrogens is 274 g/mol. The van der Waals surface area contributed by atoms with Gasteiger partial charge in [-0.25, -0.2) is 14.4 Å². The number of hydrogen-bond donors (Lipinski definition) is 0. The Labute approximate surface area is 114 Å². The minimum Gasteiger partial charge on any atom is -0.232 e. The maximum atomic E-state index is 13.0. The van der Waals surface area contributed by atoms with Gasteiger partial charge in [0.05, 0.1) is 10.7 Å². The molecule has 3 rings (SSSR count). The molecule has 1 fully saturated rings. The molecule has 0 spiro atoms. The Hall–Kier alpha value is -1.19. The van der Waals surface area contributed by atoms with Crippen molar-refractivity contribution in [3.8, 4) is 11.3 Å². The van der Waals surface area contributed by atoms with E-state index in [9.17, 15) is 4.39 Å². The van der Waals surface area contributed by atoms with Gasteiger partial charge in [0.15, 0.2) is 0 Å². The maximum absolute atomic E-state index is 13.0. The Morgan fingerprint density at radius 3 is 2.56 bits per heavy atom. The molecule has 5 heteroatoms. The van der Waals surface area contributed by atoms with E-state index in [1.165, 1.54) is 12.1 Å². The number of aromatic nitrogens is 2. The van der Waals surface area contributed by atoms with E-state index in [1.54, 1.807) is 12.1 Å². The Balaban J connectivity index is 2.10. The van der Waals surface area contributed by atoms with Gasteiger partial charge in [-0.05, 0) is 31.0 Å². The van der Waals surface area contributed by atoms with Crippen LogP contribution in [0.4, 0.5) is 4.39 Å². The van der Waals surface area contributed by atoms with Gasteiger partial charge in [-0.3, -0.25) is 0 Å². The third-order valence-corrected chi connectivity index (χ3v) is 3.37. The molecule has 92 valence electrons. The lowest BCUT2D eigenvalue weighted by Crippen LogP contribution is -1.96. The highest BCUT2D eigenvalue weighted by molar-refractivity contribution is 6.33. The molecule has 0 atom stereocenters. The zero-order valence-corrected chi connectivity index (χ0v) is 10.8. The average molecular weight is 283 g/mol. The molecule has 0 radical (unpaired) electrons. The predicted octanol–water partition coefficient (Wildman–Crippen LogP) is 4.47. The number of halogens is 3. The van der Waals surface area contributed by atoms with Crippen molar-refractivity contribution in [3.63, 3.8) is 0 Å². The van der Waals surface area contributed by atoms with Crippen LogP contribution in [0.25, 0.3) is 11.3 Å². The van der Waals surface area contributed by atoms with Gasteiger partial charge in [0.2, 0.25) is 0 Å². The van der Waals surface area contributed by atoms with Crippen molar-refractivity contribution >= 4 is 23.2 Å². The second-order valence-electron chi connectivity index (χ2n) is 4.33. The van der Waals surface area contributed by atoms with Crippen LogP contribution in [-0.2, 0) is 0 Å². The van der Waals surface area contributed by atoms with Gasteiger partial charge in [0.25, 0.3) is 0 Å². The molecule has 0 amide bonds. The number of hydrogen-bond acceptors (Lipinski definition) is 2. The second kappa shape index (κ2) is 4.48. The molecule has 0 aliphatic heterocycles. The maximum Gasteiger partial charge on any atom is 0.133 e.